The van der Waals surface area contributed by atoms with Gasteiger partial charge in [-0.3, -0.25) is 9.69 Å². The number of hydrogen-bond acceptors (Lipinski definition) is 3. The van der Waals surface area contributed by atoms with Crippen LogP contribution in [0.1, 0.15) is 38.2 Å². The van der Waals surface area contributed by atoms with E-state index in [4.69, 9.17) is 4.74 Å². The highest BCUT2D eigenvalue weighted by Crippen LogP contribution is 2.38. The van der Waals surface area contributed by atoms with Crippen LogP contribution in [0.15, 0.2) is 24.3 Å². The first kappa shape index (κ1) is 14.5. The maximum atomic E-state index is 11.4. The molecule has 1 heterocycles. The topological polar surface area (TPSA) is 41.6 Å². The van der Waals surface area contributed by atoms with Crippen molar-refractivity contribution < 1.29 is 9.53 Å². The highest BCUT2D eigenvalue weighted by atomic mass is 16.5. The van der Waals surface area contributed by atoms with Gasteiger partial charge in [0.15, 0.2) is 0 Å². The molecule has 4 heteroatoms. The van der Waals surface area contributed by atoms with E-state index in [0.717, 1.165) is 32.0 Å². The van der Waals surface area contributed by atoms with Crippen LogP contribution in [0.4, 0.5) is 5.69 Å². The monoisotopic (exact) mass is 288 g/mol. The summed E-state index contributed by atoms with van der Waals surface area (Å²) in [6, 6.07) is 8.11. The van der Waals surface area contributed by atoms with Crippen molar-refractivity contribution in [1.82, 2.24) is 4.90 Å². The quantitative estimate of drug-likeness (QED) is 0.930. The van der Waals surface area contributed by atoms with Crippen LogP contribution in [0.5, 0.6) is 0 Å². The van der Waals surface area contributed by atoms with Crippen LogP contribution in [0.3, 0.4) is 0 Å². The Morgan fingerprint density at radius 1 is 1.33 bits per heavy atom. The molecular formula is C17H24N2O2. The van der Waals surface area contributed by atoms with E-state index in [2.05, 4.69) is 16.3 Å². The third kappa shape index (κ3) is 3.11. The van der Waals surface area contributed by atoms with Crippen LogP contribution < -0.4 is 5.32 Å². The first-order chi connectivity index (χ1) is 10.2. The first-order valence-corrected chi connectivity index (χ1v) is 7.88. The Bertz CT molecular complexity index is 509. The number of carbonyl (C=O) groups is 1. The van der Waals surface area contributed by atoms with Gasteiger partial charge in [-0.1, -0.05) is 31.0 Å². The third-order valence-corrected chi connectivity index (χ3v) is 4.77. The lowest BCUT2D eigenvalue weighted by atomic mass is 9.94. The van der Waals surface area contributed by atoms with E-state index in [9.17, 15) is 4.79 Å². The molecule has 0 aromatic heterocycles. The van der Waals surface area contributed by atoms with Crippen molar-refractivity contribution in [3.63, 3.8) is 0 Å². The summed E-state index contributed by atoms with van der Waals surface area (Å²) in [5, 5.41) is 2.95. The highest BCUT2D eigenvalue weighted by Gasteiger charge is 2.41. The van der Waals surface area contributed by atoms with Gasteiger partial charge in [0.1, 0.15) is 0 Å². The maximum Gasteiger partial charge on any atom is 0.221 e. The number of ether oxygens (including phenoxy) is 1. The minimum atomic E-state index is -0.0139. The Balaban J connectivity index is 1.80. The molecule has 1 saturated heterocycles. The molecule has 21 heavy (non-hydrogen) atoms. The Morgan fingerprint density at radius 3 is 2.86 bits per heavy atom. The summed E-state index contributed by atoms with van der Waals surface area (Å²) in [6.07, 6.45) is 5.06. The molecule has 1 aliphatic heterocycles. The average molecular weight is 288 g/mol. The lowest BCUT2D eigenvalue weighted by molar-refractivity contribution is -0.114. The molecule has 4 nitrogen and oxygen atoms in total. The second-order valence-electron chi connectivity index (χ2n) is 6.24. The Labute approximate surface area is 126 Å². The van der Waals surface area contributed by atoms with Gasteiger partial charge >= 0.3 is 0 Å². The third-order valence-electron chi connectivity index (χ3n) is 4.77. The molecule has 1 aliphatic carbocycles. The van der Waals surface area contributed by atoms with Crippen molar-refractivity contribution in [3.8, 4) is 0 Å². The van der Waals surface area contributed by atoms with Crippen molar-refractivity contribution in [1.29, 1.82) is 0 Å². The van der Waals surface area contributed by atoms with E-state index in [1.807, 2.05) is 18.2 Å². The number of carbonyl (C=O) groups excluding carboxylic acids is 1. The summed E-state index contributed by atoms with van der Waals surface area (Å²) < 4.78 is 5.76. The van der Waals surface area contributed by atoms with Gasteiger partial charge in [0, 0.05) is 31.2 Å². The van der Waals surface area contributed by atoms with Gasteiger partial charge in [0.2, 0.25) is 5.91 Å². The van der Waals surface area contributed by atoms with E-state index < -0.39 is 0 Å². The van der Waals surface area contributed by atoms with Crippen LogP contribution >= 0.6 is 0 Å². The summed E-state index contributed by atoms with van der Waals surface area (Å²) in [5.41, 5.74) is 2.35. The van der Waals surface area contributed by atoms with Crippen molar-refractivity contribution in [2.24, 2.45) is 0 Å². The molecular weight excluding hydrogens is 264 g/mol. The van der Waals surface area contributed by atoms with Crippen molar-refractivity contribution in [2.45, 2.75) is 44.7 Å². The molecule has 0 bridgehead atoms. The van der Waals surface area contributed by atoms with Crippen LogP contribution in [0.2, 0.25) is 0 Å². The van der Waals surface area contributed by atoms with Crippen LogP contribution in [0, 0.1) is 0 Å². The predicted molar refractivity (Wildman–Crippen MR) is 83.2 cm³/mol. The minimum Gasteiger partial charge on any atom is -0.378 e. The number of anilines is 1. The molecule has 1 amide bonds. The van der Waals surface area contributed by atoms with Crippen molar-refractivity contribution >= 4 is 11.6 Å². The number of rotatable bonds is 3. The van der Waals surface area contributed by atoms with Gasteiger partial charge < -0.3 is 10.1 Å². The van der Waals surface area contributed by atoms with Gasteiger partial charge in [-0.15, -0.1) is 0 Å². The molecule has 1 spiro atoms. The largest absolute Gasteiger partial charge is 0.378 e. The predicted octanol–water partition coefficient (Wildman–Crippen LogP) is 2.79. The van der Waals surface area contributed by atoms with E-state index in [1.54, 1.807) is 6.92 Å². The molecule has 0 radical (unpaired) electrons. The zero-order valence-electron chi connectivity index (χ0n) is 12.7. The molecule has 0 atom stereocenters. The van der Waals surface area contributed by atoms with E-state index in [1.165, 1.54) is 31.2 Å². The Morgan fingerprint density at radius 2 is 2.10 bits per heavy atom. The molecule has 114 valence electrons. The normalized spacial score (nSPS) is 21.6. The lowest BCUT2D eigenvalue weighted by Gasteiger charge is -2.45. The number of para-hydroxylation sites is 1. The number of amides is 1. The fraction of sp³-hybridized carbons (Fsp3) is 0.588. The smallest absolute Gasteiger partial charge is 0.221 e. The Hall–Kier alpha value is -1.39. The van der Waals surface area contributed by atoms with E-state index in [0.29, 0.717) is 0 Å². The number of morpholine rings is 1. The first-order valence-electron chi connectivity index (χ1n) is 7.88. The summed E-state index contributed by atoms with van der Waals surface area (Å²) in [7, 11) is 0. The van der Waals surface area contributed by atoms with Gasteiger partial charge in [-0.2, -0.15) is 0 Å². The molecule has 1 saturated carbocycles. The number of benzene rings is 1. The number of hydrogen-bond donors (Lipinski definition) is 1. The van der Waals surface area contributed by atoms with Crippen LogP contribution in [-0.2, 0) is 16.1 Å². The fourth-order valence-corrected chi connectivity index (χ4v) is 3.68. The van der Waals surface area contributed by atoms with Gasteiger partial charge in [0.25, 0.3) is 0 Å². The standard InChI is InChI=1S/C17H24N2O2/c1-14(20)18-16-7-3-2-6-15(16)12-19-10-11-21-13-17(19)8-4-5-9-17/h2-3,6-7H,4-5,8-13H2,1H3,(H,18,20). The molecule has 0 unspecified atom stereocenters. The number of nitrogens with zero attached hydrogens (tertiary/aromatic N) is 1. The summed E-state index contributed by atoms with van der Waals surface area (Å²) in [6.45, 7) is 5.09. The van der Waals surface area contributed by atoms with Crippen LogP contribution in [0.25, 0.3) is 0 Å². The lowest BCUT2D eigenvalue weighted by Crippen LogP contribution is -2.54. The summed E-state index contributed by atoms with van der Waals surface area (Å²) in [5.74, 6) is -0.0139. The molecule has 1 aromatic rings. The molecule has 2 aliphatic rings. The van der Waals surface area contributed by atoms with Crippen molar-refractivity contribution in [3.05, 3.63) is 29.8 Å². The van der Waals surface area contributed by atoms with Gasteiger partial charge in [-0.05, 0) is 24.5 Å². The maximum absolute atomic E-state index is 11.4. The summed E-state index contributed by atoms with van der Waals surface area (Å²) >= 11 is 0. The van der Waals surface area contributed by atoms with Gasteiger partial charge in [-0.25, -0.2) is 0 Å². The van der Waals surface area contributed by atoms with E-state index in [-0.39, 0.29) is 11.4 Å². The minimum absolute atomic E-state index is 0.0139. The molecule has 3 rings (SSSR count). The zero-order valence-corrected chi connectivity index (χ0v) is 12.7. The second-order valence-corrected chi connectivity index (χ2v) is 6.24. The SMILES string of the molecule is CC(=O)Nc1ccccc1CN1CCOCC12CCCC2. The van der Waals surface area contributed by atoms with E-state index >= 15 is 0 Å². The fourth-order valence-electron chi connectivity index (χ4n) is 3.68. The molecule has 1 aromatic carbocycles. The number of nitrogens with one attached hydrogen (secondary N) is 1. The van der Waals surface area contributed by atoms with Gasteiger partial charge in [0.05, 0.1) is 13.2 Å². The summed E-state index contributed by atoms with van der Waals surface area (Å²) in [4.78, 5) is 13.9. The van der Waals surface area contributed by atoms with Crippen LogP contribution in [-0.4, -0.2) is 36.1 Å². The highest BCUT2D eigenvalue weighted by molar-refractivity contribution is 5.89. The van der Waals surface area contributed by atoms with Crippen molar-refractivity contribution in [2.75, 3.05) is 25.1 Å². The zero-order chi connectivity index (χ0) is 14.7. The average Bonchev–Trinajstić information content (AvgIpc) is 2.92. The second kappa shape index (κ2) is 6.16. The Kier molecular flexibility index (Phi) is 4.27. The molecule has 2 fully saturated rings. The molecule has 1 N–H and O–H groups in total.